The standard InChI is InChI=1S/C12H13Cl2NO4S/c13-10-2-1-8(7-11(10)20(14,17)18)12(16)15-9-3-5-19-6-4-9/h1-2,7,9H,3-6H2,(H,15,16). The van der Waals surface area contributed by atoms with E-state index in [1.807, 2.05) is 0 Å². The second kappa shape index (κ2) is 6.30. The zero-order valence-electron chi connectivity index (χ0n) is 10.4. The van der Waals surface area contributed by atoms with E-state index in [2.05, 4.69) is 5.32 Å². The highest BCUT2D eigenvalue weighted by Gasteiger charge is 2.20. The van der Waals surface area contributed by atoms with Crippen molar-refractivity contribution in [1.82, 2.24) is 5.32 Å². The topological polar surface area (TPSA) is 72.5 Å². The molecule has 1 amide bonds. The molecule has 0 atom stereocenters. The number of carbonyl (C=O) groups is 1. The Labute approximate surface area is 126 Å². The summed E-state index contributed by atoms with van der Waals surface area (Å²) in [6, 6.07) is 4.01. The lowest BCUT2D eigenvalue weighted by atomic mass is 10.1. The Bertz CT molecular complexity index is 612. The molecule has 0 radical (unpaired) electrons. The van der Waals surface area contributed by atoms with Crippen LogP contribution in [-0.4, -0.2) is 33.6 Å². The van der Waals surface area contributed by atoms with Gasteiger partial charge in [-0.1, -0.05) is 11.6 Å². The maximum absolute atomic E-state index is 12.1. The largest absolute Gasteiger partial charge is 0.381 e. The Balaban J connectivity index is 2.18. The lowest BCUT2D eigenvalue weighted by Gasteiger charge is -2.23. The maximum atomic E-state index is 12.1. The first-order valence-corrected chi connectivity index (χ1v) is 8.69. The number of nitrogens with one attached hydrogen (secondary N) is 1. The van der Waals surface area contributed by atoms with Crippen molar-refractivity contribution in [2.24, 2.45) is 0 Å². The Hall–Kier alpha value is -0.820. The molecule has 1 aromatic rings. The summed E-state index contributed by atoms with van der Waals surface area (Å²) >= 11 is 5.77. The molecule has 1 saturated heterocycles. The van der Waals surface area contributed by atoms with Gasteiger partial charge in [0.25, 0.3) is 15.0 Å². The molecule has 8 heteroatoms. The van der Waals surface area contributed by atoms with Crippen molar-refractivity contribution in [2.75, 3.05) is 13.2 Å². The van der Waals surface area contributed by atoms with E-state index in [9.17, 15) is 13.2 Å². The first-order valence-electron chi connectivity index (χ1n) is 6.01. The van der Waals surface area contributed by atoms with Crippen LogP contribution in [0, 0.1) is 0 Å². The minimum absolute atomic E-state index is 0.0115. The number of benzene rings is 1. The molecule has 1 fully saturated rings. The van der Waals surface area contributed by atoms with Gasteiger partial charge in [0.05, 0.1) is 5.02 Å². The summed E-state index contributed by atoms with van der Waals surface area (Å²) in [6.45, 7) is 1.21. The SMILES string of the molecule is O=C(NC1CCOCC1)c1ccc(Cl)c(S(=O)(=O)Cl)c1. The van der Waals surface area contributed by atoms with E-state index in [1.54, 1.807) is 0 Å². The van der Waals surface area contributed by atoms with Gasteiger partial charge in [0.1, 0.15) is 4.90 Å². The molecule has 0 spiro atoms. The smallest absolute Gasteiger partial charge is 0.262 e. The zero-order chi connectivity index (χ0) is 14.8. The third kappa shape index (κ3) is 3.85. The van der Waals surface area contributed by atoms with Crippen LogP contribution in [-0.2, 0) is 13.8 Å². The molecule has 5 nitrogen and oxygen atoms in total. The third-order valence-corrected chi connectivity index (χ3v) is 4.82. The first-order chi connectivity index (χ1) is 9.38. The van der Waals surface area contributed by atoms with E-state index in [4.69, 9.17) is 27.0 Å². The minimum Gasteiger partial charge on any atom is -0.381 e. The van der Waals surface area contributed by atoms with Crippen LogP contribution in [0.1, 0.15) is 23.2 Å². The average molecular weight is 338 g/mol. The molecule has 1 aromatic carbocycles. The van der Waals surface area contributed by atoms with Crippen LogP contribution in [0.3, 0.4) is 0 Å². The Morgan fingerprint density at radius 2 is 1.95 bits per heavy atom. The van der Waals surface area contributed by atoms with Gasteiger partial charge in [0, 0.05) is 35.5 Å². The van der Waals surface area contributed by atoms with E-state index in [0.29, 0.717) is 13.2 Å². The molecule has 110 valence electrons. The molecule has 1 aliphatic heterocycles. The van der Waals surface area contributed by atoms with Crippen LogP contribution in [0.5, 0.6) is 0 Å². The number of rotatable bonds is 3. The average Bonchev–Trinajstić information content (AvgIpc) is 2.39. The van der Waals surface area contributed by atoms with Gasteiger partial charge in [-0.15, -0.1) is 0 Å². The van der Waals surface area contributed by atoms with Crippen LogP contribution in [0.25, 0.3) is 0 Å². The lowest BCUT2D eigenvalue weighted by molar-refractivity contribution is 0.0696. The number of hydrogen-bond acceptors (Lipinski definition) is 4. The summed E-state index contributed by atoms with van der Waals surface area (Å²) in [6.07, 6.45) is 1.47. The van der Waals surface area contributed by atoms with E-state index in [1.165, 1.54) is 18.2 Å². The fourth-order valence-electron chi connectivity index (χ4n) is 1.94. The van der Waals surface area contributed by atoms with Gasteiger partial charge in [0.15, 0.2) is 0 Å². The molecule has 0 bridgehead atoms. The number of carbonyl (C=O) groups excluding carboxylic acids is 1. The van der Waals surface area contributed by atoms with Gasteiger partial charge < -0.3 is 10.1 Å². The second-order valence-electron chi connectivity index (χ2n) is 4.44. The van der Waals surface area contributed by atoms with Crippen LogP contribution in [0.15, 0.2) is 23.1 Å². The minimum atomic E-state index is -3.98. The van der Waals surface area contributed by atoms with Crippen LogP contribution in [0.2, 0.25) is 5.02 Å². The molecule has 0 aliphatic carbocycles. The Kier molecular flexibility index (Phi) is 4.90. The number of amides is 1. The van der Waals surface area contributed by atoms with Crippen molar-refractivity contribution in [3.8, 4) is 0 Å². The summed E-state index contributed by atoms with van der Waals surface area (Å²) in [5.74, 6) is -0.352. The van der Waals surface area contributed by atoms with Gasteiger partial charge in [0.2, 0.25) is 0 Å². The van der Waals surface area contributed by atoms with Gasteiger partial charge in [-0.25, -0.2) is 8.42 Å². The molecule has 0 unspecified atom stereocenters. The molecular weight excluding hydrogens is 325 g/mol. The van der Waals surface area contributed by atoms with Crippen LogP contribution in [0.4, 0.5) is 0 Å². The number of ether oxygens (including phenoxy) is 1. The summed E-state index contributed by atoms with van der Waals surface area (Å²) in [5.41, 5.74) is 0.208. The molecule has 1 heterocycles. The van der Waals surface area contributed by atoms with Gasteiger partial charge in [-0.05, 0) is 31.0 Å². The molecule has 0 saturated carbocycles. The van der Waals surface area contributed by atoms with Crippen molar-refractivity contribution in [3.05, 3.63) is 28.8 Å². The predicted molar refractivity (Wildman–Crippen MR) is 75.8 cm³/mol. The summed E-state index contributed by atoms with van der Waals surface area (Å²) in [5, 5.41) is 2.82. The zero-order valence-corrected chi connectivity index (χ0v) is 12.8. The third-order valence-electron chi connectivity index (χ3n) is 3.01. The second-order valence-corrected chi connectivity index (χ2v) is 7.38. The molecule has 20 heavy (non-hydrogen) atoms. The highest BCUT2D eigenvalue weighted by Crippen LogP contribution is 2.25. The molecule has 2 rings (SSSR count). The fourth-order valence-corrected chi connectivity index (χ4v) is 3.43. The Morgan fingerprint density at radius 3 is 2.55 bits per heavy atom. The van der Waals surface area contributed by atoms with E-state index < -0.39 is 9.05 Å². The summed E-state index contributed by atoms with van der Waals surface area (Å²) in [4.78, 5) is 11.8. The summed E-state index contributed by atoms with van der Waals surface area (Å²) in [7, 11) is 1.29. The normalized spacial score (nSPS) is 16.9. The predicted octanol–water partition coefficient (Wildman–Crippen LogP) is 2.18. The Morgan fingerprint density at radius 1 is 1.30 bits per heavy atom. The maximum Gasteiger partial charge on any atom is 0.262 e. The lowest BCUT2D eigenvalue weighted by Crippen LogP contribution is -2.38. The van der Waals surface area contributed by atoms with E-state index in [0.717, 1.165) is 12.8 Å². The highest BCUT2D eigenvalue weighted by molar-refractivity contribution is 8.13. The van der Waals surface area contributed by atoms with Crippen molar-refractivity contribution >= 4 is 37.2 Å². The van der Waals surface area contributed by atoms with E-state index in [-0.39, 0.29) is 27.4 Å². The fraction of sp³-hybridized carbons (Fsp3) is 0.417. The van der Waals surface area contributed by atoms with Crippen molar-refractivity contribution < 1.29 is 17.9 Å². The van der Waals surface area contributed by atoms with Gasteiger partial charge in [-0.2, -0.15) is 0 Å². The molecular formula is C12H13Cl2NO4S. The highest BCUT2D eigenvalue weighted by atomic mass is 35.7. The van der Waals surface area contributed by atoms with E-state index >= 15 is 0 Å². The van der Waals surface area contributed by atoms with Crippen molar-refractivity contribution in [1.29, 1.82) is 0 Å². The van der Waals surface area contributed by atoms with Gasteiger partial charge in [-0.3, -0.25) is 4.79 Å². The molecule has 1 aliphatic rings. The summed E-state index contributed by atoms with van der Waals surface area (Å²) < 4.78 is 27.9. The van der Waals surface area contributed by atoms with Crippen molar-refractivity contribution in [3.63, 3.8) is 0 Å². The van der Waals surface area contributed by atoms with Crippen molar-refractivity contribution in [2.45, 2.75) is 23.8 Å². The van der Waals surface area contributed by atoms with Gasteiger partial charge >= 0.3 is 0 Å². The number of halogens is 2. The monoisotopic (exact) mass is 337 g/mol. The van der Waals surface area contributed by atoms with Crippen LogP contribution < -0.4 is 5.32 Å². The molecule has 1 N–H and O–H groups in total. The molecule has 0 aromatic heterocycles. The quantitative estimate of drug-likeness (QED) is 0.858. The number of hydrogen-bond donors (Lipinski definition) is 1. The van der Waals surface area contributed by atoms with Crippen LogP contribution >= 0.6 is 22.3 Å². The first kappa shape index (κ1) is 15.6.